The van der Waals surface area contributed by atoms with Crippen molar-refractivity contribution in [1.82, 2.24) is 4.90 Å². The second-order valence-corrected chi connectivity index (χ2v) is 5.37. The van der Waals surface area contributed by atoms with Crippen molar-refractivity contribution in [3.05, 3.63) is 35.4 Å². The molecular weight excluding hydrogens is 266 g/mol. The van der Waals surface area contributed by atoms with Crippen LogP contribution in [0.3, 0.4) is 0 Å². The average molecular weight is 291 g/mol. The van der Waals surface area contributed by atoms with Gasteiger partial charge in [0.2, 0.25) is 5.91 Å². The van der Waals surface area contributed by atoms with Crippen molar-refractivity contribution in [2.45, 2.75) is 33.1 Å². The lowest BCUT2D eigenvalue weighted by Gasteiger charge is -2.20. The number of amides is 1. The topological polar surface area (TPSA) is 46.6 Å². The first-order valence-corrected chi connectivity index (χ1v) is 7.37. The predicted molar refractivity (Wildman–Crippen MR) is 83.0 cm³/mol. The molecule has 4 heteroatoms. The molecule has 1 aromatic carbocycles. The summed E-state index contributed by atoms with van der Waals surface area (Å²) < 4.78 is 4.67. The van der Waals surface area contributed by atoms with Gasteiger partial charge in [0.25, 0.3) is 0 Å². The predicted octanol–water partition coefficient (Wildman–Crippen LogP) is 2.45. The summed E-state index contributed by atoms with van der Waals surface area (Å²) >= 11 is 0. The van der Waals surface area contributed by atoms with Crippen molar-refractivity contribution < 1.29 is 14.3 Å². The Hall–Kier alpha value is -1.84. The molecular formula is C17H25NO3. The molecule has 0 saturated heterocycles. The van der Waals surface area contributed by atoms with Crippen LogP contribution in [-0.4, -0.2) is 37.5 Å². The Kier molecular flexibility index (Phi) is 6.92. The molecule has 1 aromatic rings. The van der Waals surface area contributed by atoms with Gasteiger partial charge >= 0.3 is 5.97 Å². The number of rotatable bonds is 7. The van der Waals surface area contributed by atoms with E-state index < -0.39 is 0 Å². The van der Waals surface area contributed by atoms with E-state index in [0.717, 1.165) is 18.4 Å². The molecule has 0 spiro atoms. The number of methoxy groups -OCH3 is 1. The summed E-state index contributed by atoms with van der Waals surface area (Å²) in [6.45, 7) is 4.27. The maximum atomic E-state index is 12.1. The fraction of sp³-hybridized carbons (Fsp3) is 0.529. The van der Waals surface area contributed by atoms with E-state index in [1.54, 1.807) is 18.9 Å². The van der Waals surface area contributed by atoms with Gasteiger partial charge in [0.15, 0.2) is 0 Å². The number of esters is 1. The van der Waals surface area contributed by atoms with E-state index in [1.807, 2.05) is 0 Å². The third-order valence-corrected chi connectivity index (χ3v) is 3.64. The number of hydrogen-bond acceptors (Lipinski definition) is 3. The molecule has 0 aliphatic carbocycles. The highest BCUT2D eigenvalue weighted by Crippen LogP contribution is 2.09. The van der Waals surface area contributed by atoms with E-state index in [-0.39, 0.29) is 17.8 Å². The zero-order valence-electron chi connectivity index (χ0n) is 13.4. The Bertz CT molecular complexity index is 467. The number of ether oxygens (including phenoxy) is 1. The lowest BCUT2D eigenvalue weighted by atomic mass is 10.1. The zero-order valence-corrected chi connectivity index (χ0v) is 13.4. The Labute approximate surface area is 127 Å². The highest BCUT2D eigenvalue weighted by Gasteiger charge is 2.18. The number of hydrogen-bond donors (Lipinski definition) is 0. The van der Waals surface area contributed by atoms with Crippen molar-refractivity contribution in [3.63, 3.8) is 0 Å². The first-order valence-electron chi connectivity index (χ1n) is 7.37. The quantitative estimate of drug-likeness (QED) is 0.725. The minimum Gasteiger partial charge on any atom is -0.469 e. The minimum absolute atomic E-state index is 0.0466. The molecule has 0 aliphatic heterocycles. The van der Waals surface area contributed by atoms with Gasteiger partial charge in [0.1, 0.15) is 0 Å². The van der Waals surface area contributed by atoms with Crippen LogP contribution in [0.15, 0.2) is 24.3 Å². The van der Waals surface area contributed by atoms with Crippen LogP contribution in [0, 0.1) is 5.92 Å². The Morgan fingerprint density at radius 2 is 1.76 bits per heavy atom. The summed E-state index contributed by atoms with van der Waals surface area (Å²) in [4.78, 5) is 25.0. The van der Waals surface area contributed by atoms with Crippen LogP contribution in [0.4, 0.5) is 0 Å². The van der Waals surface area contributed by atoms with Gasteiger partial charge in [-0.2, -0.15) is 0 Å². The number of benzene rings is 1. The molecule has 1 unspecified atom stereocenters. The minimum atomic E-state index is -0.298. The Balaban J connectivity index is 2.43. The van der Waals surface area contributed by atoms with Crippen LogP contribution < -0.4 is 0 Å². The summed E-state index contributed by atoms with van der Waals surface area (Å²) in [5.74, 6) is -0.539. The SMILES string of the molecule is CCc1ccc(CCC(=O)N(C)CC(C)C(=O)OC)cc1. The number of carbonyl (C=O) groups is 2. The van der Waals surface area contributed by atoms with Crippen molar-refractivity contribution in [2.24, 2.45) is 5.92 Å². The van der Waals surface area contributed by atoms with E-state index in [1.165, 1.54) is 12.7 Å². The highest BCUT2D eigenvalue weighted by atomic mass is 16.5. The standard InChI is InChI=1S/C17H25NO3/c1-5-14-6-8-15(9-7-14)10-11-16(19)18(3)12-13(2)17(20)21-4/h6-9,13H,5,10-12H2,1-4H3. The van der Waals surface area contributed by atoms with Crippen molar-refractivity contribution in [3.8, 4) is 0 Å². The summed E-state index contributed by atoms with van der Waals surface area (Å²) in [7, 11) is 3.09. The first kappa shape index (κ1) is 17.2. The largest absolute Gasteiger partial charge is 0.469 e. The molecule has 0 heterocycles. The van der Waals surface area contributed by atoms with Gasteiger partial charge in [-0.25, -0.2) is 0 Å². The molecule has 0 fully saturated rings. The Morgan fingerprint density at radius 1 is 1.19 bits per heavy atom. The molecule has 4 nitrogen and oxygen atoms in total. The second kappa shape index (κ2) is 8.45. The Morgan fingerprint density at radius 3 is 2.29 bits per heavy atom. The molecule has 0 aromatic heterocycles. The molecule has 116 valence electrons. The third kappa shape index (κ3) is 5.58. The van der Waals surface area contributed by atoms with Gasteiger partial charge in [-0.3, -0.25) is 9.59 Å². The fourth-order valence-corrected chi connectivity index (χ4v) is 2.17. The molecule has 0 bridgehead atoms. The number of nitrogens with zero attached hydrogens (tertiary/aromatic N) is 1. The number of carbonyl (C=O) groups excluding carboxylic acids is 2. The molecule has 1 amide bonds. The van der Waals surface area contributed by atoms with Gasteiger partial charge in [-0.15, -0.1) is 0 Å². The summed E-state index contributed by atoms with van der Waals surface area (Å²) in [6.07, 6.45) is 2.20. The molecule has 1 atom stereocenters. The van der Waals surface area contributed by atoms with Crippen molar-refractivity contribution in [2.75, 3.05) is 20.7 Å². The fourth-order valence-electron chi connectivity index (χ4n) is 2.17. The summed E-state index contributed by atoms with van der Waals surface area (Å²) in [6, 6.07) is 8.35. The molecule has 0 saturated carbocycles. The maximum absolute atomic E-state index is 12.1. The third-order valence-electron chi connectivity index (χ3n) is 3.64. The lowest BCUT2D eigenvalue weighted by Crippen LogP contribution is -2.34. The highest BCUT2D eigenvalue weighted by molar-refractivity contribution is 5.77. The van der Waals surface area contributed by atoms with Crippen molar-refractivity contribution in [1.29, 1.82) is 0 Å². The van der Waals surface area contributed by atoms with Crippen LogP contribution >= 0.6 is 0 Å². The van der Waals surface area contributed by atoms with Gasteiger partial charge in [-0.05, 0) is 24.0 Å². The molecule has 0 aliphatic rings. The van der Waals surface area contributed by atoms with Gasteiger partial charge in [0.05, 0.1) is 13.0 Å². The molecule has 0 N–H and O–H groups in total. The van der Waals surface area contributed by atoms with Crippen LogP contribution in [0.5, 0.6) is 0 Å². The molecule has 0 radical (unpaired) electrons. The summed E-state index contributed by atoms with van der Waals surface area (Å²) in [5, 5.41) is 0. The van der Waals surface area contributed by atoms with E-state index in [2.05, 4.69) is 35.9 Å². The second-order valence-electron chi connectivity index (χ2n) is 5.37. The van der Waals surface area contributed by atoms with E-state index in [4.69, 9.17) is 0 Å². The van der Waals surface area contributed by atoms with E-state index >= 15 is 0 Å². The maximum Gasteiger partial charge on any atom is 0.310 e. The van der Waals surface area contributed by atoms with Crippen molar-refractivity contribution >= 4 is 11.9 Å². The lowest BCUT2D eigenvalue weighted by molar-refractivity contribution is -0.146. The van der Waals surface area contributed by atoms with Crippen LogP contribution in [-0.2, 0) is 27.2 Å². The van der Waals surface area contributed by atoms with E-state index in [0.29, 0.717) is 13.0 Å². The van der Waals surface area contributed by atoms with Crippen LogP contribution in [0.2, 0.25) is 0 Å². The molecule has 1 rings (SSSR count). The van der Waals surface area contributed by atoms with Crippen LogP contribution in [0.1, 0.15) is 31.4 Å². The summed E-state index contributed by atoms with van der Waals surface area (Å²) in [5.41, 5.74) is 2.46. The molecule has 21 heavy (non-hydrogen) atoms. The van der Waals surface area contributed by atoms with E-state index in [9.17, 15) is 9.59 Å². The van der Waals surface area contributed by atoms with Gasteiger partial charge in [-0.1, -0.05) is 38.1 Å². The van der Waals surface area contributed by atoms with Gasteiger partial charge < -0.3 is 9.64 Å². The average Bonchev–Trinajstić information content (AvgIpc) is 2.51. The monoisotopic (exact) mass is 291 g/mol. The number of aryl methyl sites for hydroxylation is 2. The smallest absolute Gasteiger partial charge is 0.310 e. The normalized spacial score (nSPS) is 11.8. The first-order chi connectivity index (χ1) is 9.97. The van der Waals surface area contributed by atoms with Gasteiger partial charge in [0, 0.05) is 20.0 Å². The zero-order chi connectivity index (χ0) is 15.8. The van der Waals surface area contributed by atoms with Crippen LogP contribution in [0.25, 0.3) is 0 Å².